The van der Waals surface area contributed by atoms with Gasteiger partial charge in [-0.05, 0) is 32.0 Å². The third-order valence-electron chi connectivity index (χ3n) is 2.00. The zero-order valence-corrected chi connectivity index (χ0v) is 11.4. The smallest absolute Gasteiger partial charge is 0.411 e. The summed E-state index contributed by atoms with van der Waals surface area (Å²) in [6.45, 7) is 3.92. The van der Waals surface area contributed by atoms with Gasteiger partial charge in [0.2, 0.25) is 0 Å². The van der Waals surface area contributed by atoms with Crippen molar-refractivity contribution in [1.29, 1.82) is 0 Å². The molecule has 0 saturated heterocycles. The number of hydrogen-bond acceptors (Lipinski definition) is 4. The van der Waals surface area contributed by atoms with Gasteiger partial charge in [0.25, 0.3) is 0 Å². The number of hydrogen-bond donors (Lipinski definition) is 2. The molecule has 1 rings (SSSR count). The highest BCUT2D eigenvalue weighted by Crippen LogP contribution is 2.25. The van der Waals surface area contributed by atoms with Crippen molar-refractivity contribution >= 4 is 35.2 Å². The second-order valence-electron chi connectivity index (χ2n) is 3.39. The van der Waals surface area contributed by atoms with Crippen molar-refractivity contribution in [3.63, 3.8) is 0 Å². The van der Waals surface area contributed by atoms with Gasteiger partial charge in [-0.25, -0.2) is 9.59 Å². The largest absolute Gasteiger partial charge is 0.450 e. The van der Waals surface area contributed by atoms with E-state index in [1.54, 1.807) is 26.0 Å². The van der Waals surface area contributed by atoms with Crippen molar-refractivity contribution in [2.75, 3.05) is 23.8 Å². The van der Waals surface area contributed by atoms with Crippen molar-refractivity contribution < 1.29 is 19.1 Å². The topological polar surface area (TPSA) is 76.7 Å². The summed E-state index contributed by atoms with van der Waals surface area (Å²) in [5.74, 6) is 0. The SMILES string of the molecule is CCOC(=O)Nc1ccc(Cl)c(NC(=O)OCC)c1. The summed E-state index contributed by atoms with van der Waals surface area (Å²) >= 11 is 5.92. The summed E-state index contributed by atoms with van der Waals surface area (Å²) < 4.78 is 9.48. The highest BCUT2D eigenvalue weighted by atomic mass is 35.5. The second-order valence-corrected chi connectivity index (χ2v) is 3.79. The summed E-state index contributed by atoms with van der Waals surface area (Å²) in [7, 11) is 0. The fourth-order valence-corrected chi connectivity index (χ4v) is 1.43. The molecule has 1 aromatic carbocycles. The predicted octanol–water partition coefficient (Wildman–Crippen LogP) is 3.48. The van der Waals surface area contributed by atoms with E-state index < -0.39 is 12.2 Å². The van der Waals surface area contributed by atoms with E-state index in [0.717, 1.165) is 0 Å². The molecule has 6 nitrogen and oxygen atoms in total. The lowest BCUT2D eigenvalue weighted by atomic mass is 10.3. The van der Waals surface area contributed by atoms with Crippen LogP contribution in [0.25, 0.3) is 0 Å². The molecule has 0 fully saturated rings. The van der Waals surface area contributed by atoms with Crippen molar-refractivity contribution in [2.45, 2.75) is 13.8 Å². The highest BCUT2D eigenvalue weighted by Gasteiger charge is 2.09. The first-order valence-corrected chi connectivity index (χ1v) is 6.11. The quantitative estimate of drug-likeness (QED) is 0.888. The van der Waals surface area contributed by atoms with E-state index in [-0.39, 0.29) is 13.2 Å². The van der Waals surface area contributed by atoms with Crippen LogP contribution >= 0.6 is 11.6 Å². The molecule has 19 heavy (non-hydrogen) atoms. The lowest BCUT2D eigenvalue weighted by Gasteiger charge is -2.10. The highest BCUT2D eigenvalue weighted by molar-refractivity contribution is 6.33. The molecule has 0 aromatic heterocycles. The Morgan fingerprint density at radius 1 is 1.11 bits per heavy atom. The Morgan fingerprint density at radius 2 is 1.68 bits per heavy atom. The van der Waals surface area contributed by atoms with Gasteiger partial charge in [-0.2, -0.15) is 0 Å². The Bertz CT molecular complexity index is 465. The second kappa shape index (κ2) is 7.48. The summed E-state index contributed by atoms with van der Waals surface area (Å²) in [6, 6.07) is 4.65. The van der Waals surface area contributed by atoms with E-state index in [1.807, 2.05) is 0 Å². The average Bonchev–Trinajstić information content (AvgIpc) is 2.34. The van der Waals surface area contributed by atoms with Crippen LogP contribution in [0.5, 0.6) is 0 Å². The van der Waals surface area contributed by atoms with Crippen LogP contribution in [0, 0.1) is 0 Å². The number of carbonyl (C=O) groups excluding carboxylic acids is 2. The van der Waals surface area contributed by atoms with Crippen molar-refractivity contribution in [1.82, 2.24) is 0 Å². The monoisotopic (exact) mass is 286 g/mol. The molecule has 7 heteroatoms. The van der Waals surface area contributed by atoms with Crippen molar-refractivity contribution in [3.8, 4) is 0 Å². The third-order valence-corrected chi connectivity index (χ3v) is 2.33. The van der Waals surface area contributed by atoms with Gasteiger partial charge in [0.1, 0.15) is 0 Å². The van der Waals surface area contributed by atoms with Crippen LogP contribution in [0.2, 0.25) is 5.02 Å². The fraction of sp³-hybridized carbons (Fsp3) is 0.333. The maximum Gasteiger partial charge on any atom is 0.411 e. The Balaban J connectivity index is 2.76. The molecule has 1 aromatic rings. The maximum atomic E-state index is 11.3. The van der Waals surface area contributed by atoms with Crippen LogP contribution in [0.1, 0.15) is 13.8 Å². The number of anilines is 2. The fourth-order valence-electron chi connectivity index (χ4n) is 1.26. The van der Waals surface area contributed by atoms with Gasteiger partial charge < -0.3 is 9.47 Å². The van der Waals surface area contributed by atoms with E-state index in [4.69, 9.17) is 21.1 Å². The van der Waals surface area contributed by atoms with Crippen LogP contribution in [0.15, 0.2) is 18.2 Å². The van der Waals surface area contributed by atoms with E-state index >= 15 is 0 Å². The molecule has 2 amide bonds. The number of rotatable bonds is 4. The molecule has 0 atom stereocenters. The number of halogens is 1. The van der Waals surface area contributed by atoms with Gasteiger partial charge in [-0.1, -0.05) is 11.6 Å². The molecule has 0 spiro atoms. The minimum Gasteiger partial charge on any atom is -0.450 e. The molecule has 0 unspecified atom stereocenters. The minimum absolute atomic E-state index is 0.254. The first-order valence-electron chi connectivity index (χ1n) is 5.74. The molecule has 0 radical (unpaired) electrons. The van der Waals surface area contributed by atoms with Crippen LogP contribution in [0.4, 0.5) is 21.0 Å². The van der Waals surface area contributed by atoms with E-state index in [0.29, 0.717) is 16.4 Å². The van der Waals surface area contributed by atoms with E-state index in [9.17, 15) is 9.59 Å². The van der Waals surface area contributed by atoms with Gasteiger partial charge >= 0.3 is 12.2 Å². The molecule has 2 N–H and O–H groups in total. The van der Waals surface area contributed by atoms with Gasteiger partial charge in [-0.3, -0.25) is 10.6 Å². The van der Waals surface area contributed by atoms with Crippen LogP contribution < -0.4 is 10.6 Å². The lowest BCUT2D eigenvalue weighted by Crippen LogP contribution is -2.15. The van der Waals surface area contributed by atoms with Crippen LogP contribution in [0.3, 0.4) is 0 Å². The Morgan fingerprint density at radius 3 is 2.26 bits per heavy atom. The van der Waals surface area contributed by atoms with Gasteiger partial charge in [0.15, 0.2) is 0 Å². The van der Waals surface area contributed by atoms with Gasteiger partial charge in [0, 0.05) is 5.69 Å². The van der Waals surface area contributed by atoms with Crippen LogP contribution in [-0.2, 0) is 9.47 Å². The summed E-state index contributed by atoms with van der Waals surface area (Å²) in [5, 5.41) is 5.31. The van der Waals surface area contributed by atoms with Gasteiger partial charge in [0.05, 0.1) is 23.9 Å². The Labute approximate surface area is 116 Å². The van der Waals surface area contributed by atoms with Gasteiger partial charge in [-0.15, -0.1) is 0 Å². The first kappa shape index (κ1) is 15.1. The van der Waals surface area contributed by atoms with Crippen LogP contribution in [-0.4, -0.2) is 25.4 Å². The average molecular weight is 287 g/mol. The summed E-state index contributed by atoms with van der Waals surface area (Å²) in [4.78, 5) is 22.6. The zero-order valence-electron chi connectivity index (χ0n) is 10.7. The molecular formula is C12H15ClN2O4. The molecule has 0 aliphatic rings. The van der Waals surface area contributed by atoms with Crippen molar-refractivity contribution in [3.05, 3.63) is 23.2 Å². The minimum atomic E-state index is -0.613. The number of nitrogens with one attached hydrogen (secondary N) is 2. The molecule has 0 bridgehead atoms. The molecule has 104 valence electrons. The third kappa shape index (κ3) is 5.05. The maximum absolute atomic E-state index is 11.3. The summed E-state index contributed by atoms with van der Waals surface area (Å²) in [6.07, 6.45) is -1.19. The molecule has 0 aliphatic heterocycles. The molecule has 0 heterocycles. The van der Waals surface area contributed by atoms with E-state index in [2.05, 4.69) is 10.6 Å². The number of amides is 2. The molecule has 0 saturated carbocycles. The number of carbonyl (C=O) groups is 2. The molecular weight excluding hydrogens is 272 g/mol. The first-order chi connectivity index (χ1) is 9.06. The number of benzene rings is 1. The predicted molar refractivity (Wildman–Crippen MR) is 72.7 cm³/mol. The summed E-state index contributed by atoms with van der Waals surface area (Å²) in [5.41, 5.74) is 0.795. The Hall–Kier alpha value is -1.95. The number of ether oxygens (including phenoxy) is 2. The standard InChI is InChI=1S/C12H15ClN2O4/c1-3-18-11(16)14-8-5-6-9(13)10(7-8)15-12(17)19-4-2/h5-7H,3-4H2,1-2H3,(H,14,16)(H,15,17). The lowest BCUT2D eigenvalue weighted by molar-refractivity contribution is 0.167. The Kier molecular flexibility index (Phi) is 5.95. The normalized spacial score (nSPS) is 9.63. The van der Waals surface area contributed by atoms with Crippen molar-refractivity contribution in [2.24, 2.45) is 0 Å². The molecule has 0 aliphatic carbocycles. The van der Waals surface area contributed by atoms with E-state index in [1.165, 1.54) is 6.07 Å². The zero-order chi connectivity index (χ0) is 14.3.